The fraction of sp³-hybridized carbons (Fsp3) is 0.250. The smallest absolute Gasteiger partial charge is 0.279 e. The summed E-state index contributed by atoms with van der Waals surface area (Å²) >= 11 is 7.52. The summed E-state index contributed by atoms with van der Waals surface area (Å²) in [5, 5.41) is 0.288. The van der Waals surface area contributed by atoms with Gasteiger partial charge in [0.1, 0.15) is 0 Å². The van der Waals surface area contributed by atoms with E-state index in [-0.39, 0.29) is 23.3 Å². The Morgan fingerprint density at radius 1 is 1.08 bits per heavy atom. The number of amides is 2. The SMILES string of the molecule is O=C(NNC(=O)c1cc2c(s1)CCC2)c1cc(Cl)c2c(c1)OCO2. The fourth-order valence-electron chi connectivity index (χ4n) is 2.79. The summed E-state index contributed by atoms with van der Waals surface area (Å²) in [4.78, 5) is 26.2. The molecule has 2 N–H and O–H groups in total. The number of hydrogen-bond donors (Lipinski definition) is 2. The zero-order valence-corrected chi connectivity index (χ0v) is 14.1. The average Bonchev–Trinajstić information content (AvgIpc) is 3.26. The standard InChI is InChI=1S/C16H13ClN2O4S/c17-10-4-9(5-11-14(10)23-7-22-11)15(20)18-19-16(21)13-6-8-2-1-3-12(8)24-13/h4-6H,1-3,7H2,(H,18,20)(H,19,21). The molecule has 0 radical (unpaired) electrons. The van der Waals surface area contributed by atoms with Crippen molar-refractivity contribution in [3.05, 3.63) is 44.1 Å². The lowest BCUT2D eigenvalue weighted by Crippen LogP contribution is -2.41. The highest BCUT2D eigenvalue weighted by Crippen LogP contribution is 2.39. The Morgan fingerprint density at radius 3 is 2.75 bits per heavy atom. The number of carbonyl (C=O) groups is 2. The molecule has 0 fully saturated rings. The van der Waals surface area contributed by atoms with Crippen molar-refractivity contribution in [3.63, 3.8) is 0 Å². The highest BCUT2D eigenvalue weighted by Gasteiger charge is 2.22. The van der Waals surface area contributed by atoms with Gasteiger partial charge in [-0.3, -0.25) is 20.4 Å². The van der Waals surface area contributed by atoms with Crippen molar-refractivity contribution in [2.24, 2.45) is 0 Å². The molecule has 1 aliphatic heterocycles. The van der Waals surface area contributed by atoms with E-state index < -0.39 is 5.91 Å². The third kappa shape index (κ3) is 2.70. The van der Waals surface area contributed by atoms with Crippen molar-refractivity contribution in [2.45, 2.75) is 19.3 Å². The van der Waals surface area contributed by atoms with Crippen molar-refractivity contribution in [1.29, 1.82) is 0 Å². The summed E-state index contributed by atoms with van der Waals surface area (Å²) in [5.74, 6) is 0.0289. The van der Waals surface area contributed by atoms with Crippen molar-refractivity contribution >= 4 is 34.8 Å². The molecule has 1 aromatic heterocycles. The van der Waals surface area contributed by atoms with E-state index in [4.69, 9.17) is 21.1 Å². The molecule has 8 heteroatoms. The molecule has 2 amide bonds. The van der Waals surface area contributed by atoms with Gasteiger partial charge in [-0.25, -0.2) is 0 Å². The molecule has 24 heavy (non-hydrogen) atoms. The van der Waals surface area contributed by atoms with E-state index in [0.29, 0.717) is 16.4 Å². The number of hydrazine groups is 1. The second-order valence-electron chi connectivity index (χ2n) is 5.51. The van der Waals surface area contributed by atoms with Crippen LogP contribution in [0.4, 0.5) is 0 Å². The number of ether oxygens (including phenoxy) is 2. The van der Waals surface area contributed by atoms with Crippen LogP contribution in [0.1, 0.15) is 36.9 Å². The summed E-state index contributed by atoms with van der Waals surface area (Å²) in [6.07, 6.45) is 3.18. The van der Waals surface area contributed by atoms with Crippen LogP contribution in [0.15, 0.2) is 18.2 Å². The van der Waals surface area contributed by atoms with E-state index in [1.54, 1.807) is 0 Å². The number of halogens is 1. The number of aryl methyl sites for hydroxylation is 2. The molecule has 6 nitrogen and oxygen atoms in total. The van der Waals surface area contributed by atoms with Crippen molar-refractivity contribution in [2.75, 3.05) is 6.79 Å². The van der Waals surface area contributed by atoms with Crippen LogP contribution in [-0.4, -0.2) is 18.6 Å². The molecule has 1 aromatic carbocycles. The van der Waals surface area contributed by atoms with Crippen LogP contribution < -0.4 is 20.3 Å². The first-order valence-corrected chi connectivity index (χ1v) is 8.62. The highest BCUT2D eigenvalue weighted by molar-refractivity contribution is 7.14. The van der Waals surface area contributed by atoms with Gasteiger partial charge in [0.05, 0.1) is 9.90 Å². The lowest BCUT2D eigenvalue weighted by molar-refractivity contribution is 0.0848. The molecular weight excluding hydrogens is 352 g/mol. The minimum absolute atomic E-state index is 0.0694. The molecule has 2 aliphatic rings. The topological polar surface area (TPSA) is 76.7 Å². The lowest BCUT2D eigenvalue weighted by atomic mass is 10.2. The third-order valence-corrected chi connectivity index (χ3v) is 5.47. The van der Waals surface area contributed by atoms with Crippen LogP contribution in [0.3, 0.4) is 0 Å². The van der Waals surface area contributed by atoms with Crippen molar-refractivity contribution in [1.82, 2.24) is 10.9 Å². The van der Waals surface area contributed by atoms with Gasteiger partial charge < -0.3 is 9.47 Å². The molecule has 4 rings (SSSR count). The van der Waals surface area contributed by atoms with Gasteiger partial charge in [-0.1, -0.05) is 11.6 Å². The molecule has 0 atom stereocenters. The molecule has 2 heterocycles. The van der Waals surface area contributed by atoms with Crippen LogP contribution in [0.2, 0.25) is 5.02 Å². The zero-order chi connectivity index (χ0) is 16.7. The second kappa shape index (κ2) is 5.99. The second-order valence-corrected chi connectivity index (χ2v) is 7.06. The number of nitrogens with one attached hydrogen (secondary N) is 2. The Hall–Kier alpha value is -2.25. The van der Waals surface area contributed by atoms with Crippen LogP contribution >= 0.6 is 22.9 Å². The molecule has 0 saturated carbocycles. The van der Waals surface area contributed by atoms with Gasteiger partial charge in [-0.05, 0) is 43.0 Å². The fourth-order valence-corrected chi connectivity index (χ4v) is 4.20. The van der Waals surface area contributed by atoms with E-state index in [1.165, 1.54) is 33.9 Å². The van der Waals surface area contributed by atoms with Gasteiger partial charge in [-0.15, -0.1) is 11.3 Å². The van der Waals surface area contributed by atoms with Crippen molar-refractivity contribution < 1.29 is 19.1 Å². The Kier molecular flexibility index (Phi) is 3.82. The molecule has 124 valence electrons. The normalized spacial score (nSPS) is 14.4. The minimum atomic E-state index is -0.479. The molecular formula is C16H13ClN2O4S. The first-order valence-electron chi connectivity index (χ1n) is 7.43. The van der Waals surface area contributed by atoms with Gasteiger partial charge >= 0.3 is 0 Å². The maximum atomic E-state index is 12.2. The summed E-state index contributed by atoms with van der Waals surface area (Å²) in [6, 6.07) is 4.89. The monoisotopic (exact) mass is 364 g/mol. The molecule has 2 aromatic rings. The maximum Gasteiger partial charge on any atom is 0.279 e. The quantitative estimate of drug-likeness (QED) is 0.803. The van der Waals surface area contributed by atoms with E-state index in [2.05, 4.69) is 10.9 Å². The molecule has 1 aliphatic carbocycles. The van der Waals surface area contributed by atoms with Gasteiger partial charge in [0.2, 0.25) is 6.79 Å². The summed E-state index contributed by atoms with van der Waals surface area (Å²) in [6.45, 7) is 0.0694. The Bertz CT molecular complexity index is 827. The largest absolute Gasteiger partial charge is 0.454 e. The van der Waals surface area contributed by atoms with Gasteiger partial charge in [0, 0.05) is 10.4 Å². The van der Waals surface area contributed by atoms with Crippen LogP contribution in [0.25, 0.3) is 0 Å². The Labute approximate surface area is 146 Å². The predicted octanol–water partition coefficient (Wildman–Crippen LogP) is 2.69. The van der Waals surface area contributed by atoms with Gasteiger partial charge in [0.15, 0.2) is 11.5 Å². The predicted molar refractivity (Wildman–Crippen MR) is 88.9 cm³/mol. The van der Waals surface area contributed by atoms with E-state index in [9.17, 15) is 9.59 Å². The number of rotatable bonds is 2. The molecule has 0 bridgehead atoms. The zero-order valence-electron chi connectivity index (χ0n) is 12.5. The Balaban J connectivity index is 1.43. The van der Waals surface area contributed by atoms with Crippen LogP contribution in [-0.2, 0) is 12.8 Å². The van der Waals surface area contributed by atoms with E-state index in [0.717, 1.165) is 19.3 Å². The Morgan fingerprint density at radius 2 is 1.92 bits per heavy atom. The van der Waals surface area contributed by atoms with Crippen LogP contribution in [0.5, 0.6) is 11.5 Å². The number of benzene rings is 1. The first-order chi connectivity index (χ1) is 11.6. The number of thiophene rings is 1. The number of carbonyl (C=O) groups excluding carboxylic acids is 2. The molecule has 0 spiro atoms. The summed E-state index contributed by atoms with van der Waals surface area (Å²) in [7, 11) is 0. The number of fused-ring (bicyclic) bond motifs is 2. The van der Waals surface area contributed by atoms with E-state index >= 15 is 0 Å². The highest BCUT2D eigenvalue weighted by atomic mass is 35.5. The van der Waals surface area contributed by atoms with Crippen LogP contribution in [0, 0.1) is 0 Å². The first kappa shape index (κ1) is 15.3. The minimum Gasteiger partial charge on any atom is -0.454 e. The molecule has 0 unspecified atom stereocenters. The molecule has 0 saturated heterocycles. The van der Waals surface area contributed by atoms with Gasteiger partial charge in [0.25, 0.3) is 11.8 Å². The third-order valence-electron chi connectivity index (χ3n) is 3.95. The van der Waals surface area contributed by atoms with Gasteiger partial charge in [-0.2, -0.15) is 0 Å². The summed E-state index contributed by atoms with van der Waals surface area (Å²) < 4.78 is 10.4. The average molecular weight is 365 g/mol. The van der Waals surface area contributed by atoms with Crippen molar-refractivity contribution in [3.8, 4) is 11.5 Å². The number of hydrogen-bond acceptors (Lipinski definition) is 5. The maximum absolute atomic E-state index is 12.2. The lowest BCUT2D eigenvalue weighted by Gasteiger charge is -2.08. The van der Waals surface area contributed by atoms with E-state index in [1.807, 2.05) is 6.07 Å². The summed E-state index contributed by atoms with van der Waals surface area (Å²) in [5.41, 5.74) is 6.33.